The van der Waals surface area contributed by atoms with Gasteiger partial charge in [-0.2, -0.15) is 5.26 Å². The molecule has 1 aliphatic heterocycles. The number of benzene rings is 2. The molecule has 0 bridgehead atoms. The van der Waals surface area contributed by atoms with E-state index in [9.17, 15) is 10.1 Å². The average molecular weight is 457 g/mol. The highest BCUT2D eigenvalue weighted by Crippen LogP contribution is 2.44. The van der Waals surface area contributed by atoms with E-state index < -0.39 is 5.54 Å². The number of amides is 1. The van der Waals surface area contributed by atoms with Crippen LogP contribution in [0.5, 0.6) is 0 Å². The van der Waals surface area contributed by atoms with Crippen LogP contribution in [0.25, 0.3) is 11.1 Å². The van der Waals surface area contributed by atoms with Gasteiger partial charge in [0.15, 0.2) is 5.96 Å². The molecule has 4 rings (SSSR count). The lowest BCUT2D eigenvalue weighted by molar-refractivity contribution is -0.134. The van der Waals surface area contributed by atoms with Crippen LogP contribution < -0.4 is 5.73 Å². The highest BCUT2D eigenvalue weighted by Gasteiger charge is 2.46. The Labute approximate surface area is 199 Å². The summed E-state index contributed by atoms with van der Waals surface area (Å²) < 4.78 is 0. The van der Waals surface area contributed by atoms with E-state index in [4.69, 9.17) is 10.7 Å². The summed E-state index contributed by atoms with van der Waals surface area (Å²) in [4.78, 5) is 20.6. The normalized spacial score (nSPS) is 20.4. The molecular formula is C27H28N4OS. The molecule has 33 heavy (non-hydrogen) atoms. The first-order valence-corrected chi connectivity index (χ1v) is 12.0. The van der Waals surface area contributed by atoms with Crippen molar-refractivity contribution >= 4 is 23.2 Å². The number of guanidine groups is 1. The summed E-state index contributed by atoms with van der Waals surface area (Å²) in [5.74, 6) is -0.0361. The Morgan fingerprint density at radius 1 is 1.18 bits per heavy atom. The number of aryl methyl sites for hydroxylation is 2. The van der Waals surface area contributed by atoms with E-state index in [-0.39, 0.29) is 17.8 Å². The second-order valence-electron chi connectivity index (χ2n) is 8.78. The van der Waals surface area contributed by atoms with Crippen LogP contribution in [-0.2, 0) is 16.8 Å². The number of nitrogens with two attached hydrogens (primary N) is 1. The Morgan fingerprint density at radius 2 is 1.97 bits per heavy atom. The number of nitriles is 1. The molecule has 2 N–H and O–H groups in total. The maximum absolute atomic E-state index is 13.3. The van der Waals surface area contributed by atoms with Crippen molar-refractivity contribution in [1.29, 1.82) is 5.26 Å². The smallest absolute Gasteiger partial charge is 0.234 e. The van der Waals surface area contributed by atoms with Crippen LogP contribution in [0.1, 0.15) is 41.3 Å². The van der Waals surface area contributed by atoms with Crippen molar-refractivity contribution in [1.82, 2.24) is 4.90 Å². The summed E-state index contributed by atoms with van der Waals surface area (Å²) in [5, 5.41) is 11.3. The molecule has 2 aromatic carbocycles. The minimum absolute atomic E-state index is 0.0104. The number of carbonyl (C=O) groups excluding carboxylic acids is 1. The van der Waals surface area contributed by atoms with Gasteiger partial charge in [-0.3, -0.25) is 9.69 Å². The molecule has 2 heterocycles. The quantitative estimate of drug-likeness (QED) is 0.551. The third kappa shape index (κ3) is 4.42. The molecule has 0 fully saturated rings. The molecule has 6 heteroatoms. The number of hydrogen-bond donors (Lipinski definition) is 1. The fourth-order valence-corrected chi connectivity index (χ4v) is 5.60. The first kappa shape index (κ1) is 22.8. The molecule has 1 aromatic heterocycles. The molecule has 1 unspecified atom stereocenters. The minimum atomic E-state index is -0.727. The van der Waals surface area contributed by atoms with Gasteiger partial charge in [0.05, 0.1) is 17.6 Å². The molecule has 0 spiro atoms. The topological polar surface area (TPSA) is 82.5 Å². The van der Waals surface area contributed by atoms with Crippen LogP contribution in [0, 0.1) is 24.2 Å². The van der Waals surface area contributed by atoms with Crippen LogP contribution >= 0.6 is 11.3 Å². The van der Waals surface area contributed by atoms with Crippen LogP contribution in [0.4, 0.5) is 0 Å². The molecule has 1 amide bonds. The van der Waals surface area contributed by atoms with Crippen molar-refractivity contribution < 1.29 is 4.79 Å². The molecule has 0 saturated heterocycles. The number of hydrogen-bond acceptors (Lipinski definition) is 5. The molecule has 0 saturated carbocycles. The number of rotatable bonds is 6. The molecule has 2 atom stereocenters. The van der Waals surface area contributed by atoms with E-state index in [2.05, 4.69) is 42.6 Å². The van der Waals surface area contributed by atoms with Gasteiger partial charge in [-0.15, -0.1) is 11.3 Å². The molecule has 5 nitrogen and oxygen atoms in total. The molecule has 0 aliphatic carbocycles. The zero-order chi connectivity index (χ0) is 23.6. The lowest BCUT2D eigenvalue weighted by atomic mass is 9.78. The zero-order valence-corrected chi connectivity index (χ0v) is 20.0. The van der Waals surface area contributed by atoms with Gasteiger partial charge in [-0.1, -0.05) is 36.4 Å². The first-order valence-electron chi connectivity index (χ1n) is 11.1. The van der Waals surface area contributed by atoms with Crippen LogP contribution in [0.2, 0.25) is 0 Å². The van der Waals surface area contributed by atoms with E-state index in [0.717, 1.165) is 35.3 Å². The Morgan fingerprint density at radius 3 is 2.73 bits per heavy atom. The van der Waals surface area contributed by atoms with Gasteiger partial charge in [0, 0.05) is 11.9 Å². The molecule has 168 valence electrons. The Hall–Kier alpha value is -3.43. The summed E-state index contributed by atoms with van der Waals surface area (Å²) in [6.07, 6.45) is 2.54. The van der Waals surface area contributed by atoms with E-state index >= 15 is 0 Å². The number of thiophene rings is 1. The monoisotopic (exact) mass is 456 g/mol. The minimum Gasteiger partial charge on any atom is -0.369 e. The molecular weight excluding hydrogens is 428 g/mol. The fraction of sp³-hybridized carbons (Fsp3) is 0.296. The maximum atomic E-state index is 13.3. The Bertz CT molecular complexity index is 1250. The second-order valence-corrected chi connectivity index (χ2v) is 9.69. The van der Waals surface area contributed by atoms with E-state index in [1.165, 1.54) is 16.0 Å². The van der Waals surface area contributed by atoms with Gasteiger partial charge in [-0.05, 0) is 78.9 Å². The predicted molar refractivity (Wildman–Crippen MR) is 134 cm³/mol. The van der Waals surface area contributed by atoms with Gasteiger partial charge in [0.1, 0.15) is 5.54 Å². The van der Waals surface area contributed by atoms with Crippen molar-refractivity contribution in [3.05, 3.63) is 81.5 Å². The lowest BCUT2D eigenvalue weighted by Crippen LogP contribution is -2.53. The molecule has 3 aromatic rings. The zero-order valence-electron chi connectivity index (χ0n) is 19.2. The second kappa shape index (κ2) is 9.21. The highest BCUT2D eigenvalue weighted by molar-refractivity contribution is 7.10. The summed E-state index contributed by atoms with van der Waals surface area (Å²) in [6, 6.07) is 20.2. The van der Waals surface area contributed by atoms with Gasteiger partial charge in [-0.25, -0.2) is 4.99 Å². The highest BCUT2D eigenvalue weighted by atomic mass is 32.1. The number of nitrogens with zero attached hydrogens (tertiary/aromatic N) is 3. The Kier molecular flexibility index (Phi) is 6.35. The maximum Gasteiger partial charge on any atom is 0.234 e. The van der Waals surface area contributed by atoms with Gasteiger partial charge >= 0.3 is 0 Å². The lowest BCUT2D eigenvalue weighted by Gasteiger charge is -2.40. The van der Waals surface area contributed by atoms with Crippen LogP contribution in [-0.4, -0.2) is 23.8 Å². The van der Waals surface area contributed by atoms with E-state index in [1.54, 1.807) is 24.5 Å². The van der Waals surface area contributed by atoms with Gasteiger partial charge < -0.3 is 5.73 Å². The van der Waals surface area contributed by atoms with E-state index in [0.29, 0.717) is 5.56 Å². The predicted octanol–water partition coefficient (Wildman–Crippen LogP) is 5.24. The first-order chi connectivity index (χ1) is 15.8. The third-order valence-electron chi connectivity index (χ3n) is 6.62. The van der Waals surface area contributed by atoms with Crippen molar-refractivity contribution in [3.63, 3.8) is 0 Å². The largest absolute Gasteiger partial charge is 0.369 e. The summed E-state index contributed by atoms with van der Waals surface area (Å²) in [7, 11) is 1.70. The summed E-state index contributed by atoms with van der Waals surface area (Å²) in [6.45, 7) is 4.14. The number of aliphatic imine (C=N–C) groups is 1. The van der Waals surface area contributed by atoms with Crippen molar-refractivity contribution in [2.24, 2.45) is 16.6 Å². The van der Waals surface area contributed by atoms with Crippen molar-refractivity contribution in [2.45, 2.75) is 38.6 Å². The molecule has 0 radical (unpaired) electrons. The van der Waals surface area contributed by atoms with Crippen LogP contribution in [0.3, 0.4) is 0 Å². The SMILES string of the molecule is Cc1ccccc1CCCC1C(=O)N(C)C(N)=N[C@]1(C)c1cc(-c2cccc(C#N)c2)cs1. The van der Waals surface area contributed by atoms with E-state index in [1.807, 2.05) is 31.2 Å². The fourth-order valence-electron chi connectivity index (χ4n) is 4.52. The summed E-state index contributed by atoms with van der Waals surface area (Å²) >= 11 is 1.59. The van der Waals surface area contributed by atoms with Crippen molar-refractivity contribution in [2.75, 3.05) is 7.05 Å². The van der Waals surface area contributed by atoms with Crippen molar-refractivity contribution in [3.8, 4) is 17.2 Å². The molecule has 1 aliphatic rings. The average Bonchev–Trinajstić information content (AvgIpc) is 3.32. The van der Waals surface area contributed by atoms with Gasteiger partial charge in [0.2, 0.25) is 5.91 Å². The standard InChI is InChI=1S/C27H28N4OS/c1-18-8-4-5-10-20(18)11-7-13-23-25(32)31(3)26(29)30-27(23,2)24-15-22(17-33-24)21-12-6-9-19(14-21)16-28/h4-6,8-10,12,14-15,17,23H,7,11,13H2,1-3H3,(H2,29,30)/t23?,27-/m0/s1. The Balaban J connectivity index is 1.63. The summed E-state index contributed by atoms with van der Waals surface area (Å²) in [5.41, 5.74) is 10.6. The number of carbonyl (C=O) groups is 1. The third-order valence-corrected chi connectivity index (χ3v) is 7.78. The van der Waals surface area contributed by atoms with Gasteiger partial charge in [0.25, 0.3) is 0 Å². The van der Waals surface area contributed by atoms with Crippen LogP contribution in [0.15, 0.2) is 65.0 Å².